The molecule has 212 valence electrons. The number of anilines is 3. The molecule has 1 saturated heterocycles. The lowest BCUT2D eigenvalue weighted by Crippen LogP contribution is -2.47. The summed E-state index contributed by atoms with van der Waals surface area (Å²) in [7, 11) is 0. The molecule has 2 heterocycles. The van der Waals surface area contributed by atoms with Crippen LogP contribution >= 0.6 is 23.8 Å². The maximum Gasteiger partial charge on any atom is 0.433 e. The molecule has 5 rings (SSSR count). The van der Waals surface area contributed by atoms with Gasteiger partial charge in [-0.1, -0.05) is 61.2 Å². The Balaban J connectivity index is 1.29. The van der Waals surface area contributed by atoms with Gasteiger partial charge in [0, 0.05) is 54.9 Å². The molecular formula is C29H32ClF3N6S. The standard InChI is InChI=1S/C29H32ClF3N6S/c30-22-9-7-8-21(18-22)28(12-5-2-6-13-28)20-34-27(40)37-26-35-24(29(31,32)33)19-25(36-26)39-16-14-38(15-17-39)23-10-3-1-4-11-23/h1,3-4,7-11,18-19H,2,5-6,12-17,20H2,(H2,34,35,36,37,40). The lowest BCUT2D eigenvalue weighted by Gasteiger charge is -2.38. The lowest BCUT2D eigenvalue weighted by molar-refractivity contribution is -0.141. The number of alkyl halides is 3. The van der Waals surface area contributed by atoms with Gasteiger partial charge < -0.3 is 20.4 Å². The molecule has 2 fully saturated rings. The van der Waals surface area contributed by atoms with Crippen molar-refractivity contribution in [3.63, 3.8) is 0 Å². The maximum absolute atomic E-state index is 13.8. The van der Waals surface area contributed by atoms with Crippen molar-refractivity contribution >= 4 is 46.4 Å². The maximum atomic E-state index is 13.8. The monoisotopic (exact) mass is 588 g/mol. The predicted octanol–water partition coefficient (Wildman–Crippen LogP) is 6.66. The number of halogens is 4. The zero-order valence-corrected chi connectivity index (χ0v) is 23.6. The van der Waals surface area contributed by atoms with Crippen LogP contribution in [0.2, 0.25) is 5.02 Å². The smallest absolute Gasteiger partial charge is 0.368 e. The molecule has 0 amide bonds. The first kappa shape index (κ1) is 28.4. The van der Waals surface area contributed by atoms with E-state index in [0.29, 0.717) is 37.7 Å². The van der Waals surface area contributed by atoms with E-state index >= 15 is 0 Å². The minimum Gasteiger partial charge on any atom is -0.368 e. The number of hydrogen-bond donors (Lipinski definition) is 2. The van der Waals surface area contributed by atoms with E-state index in [2.05, 4.69) is 31.6 Å². The molecule has 1 aliphatic heterocycles. The van der Waals surface area contributed by atoms with E-state index in [-0.39, 0.29) is 22.3 Å². The first-order chi connectivity index (χ1) is 19.2. The van der Waals surface area contributed by atoms with Crippen molar-refractivity contribution in [1.82, 2.24) is 15.3 Å². The molecule has 0 unspecified atom stereocenters. The summed E-state index contributed by atoms with van der Waals surface area (Å²) in [5.41, 5.74) is 1.07. The highest BCUT2D eigenvalue weighted by Crippen LogP contribution is 2.40. The highest BCUT2D eigenvalue weighted by molar-refractivity contribution is 7.80. The summed E-state index contributed by atoms with van der Waals surface area (Å²) in [6.45, 7) is 2.95. The fraction of sp³-hybridized carbons (Fsp3) is 0.414. The van der Waals surface area contributed by atoms with Crippen LogP contribution in [-0.4, -0.2) is 47.8 Å². The zero-order chi connectivity index (χ0) is 28.2. The van der Waals surface area contributed by atoms with E-state index in [0.717, 1.165) is 43.0 Å². The van der Waals surface area contributed by atoms with Crippen molar-refractivity contribution < 1.29 is 13.2 Å². The molecule has 2 aromatic carbocycles. The summed E-state index contributed by atoms with van der Waals surface area (Å²) in [6, 6.07) is 18.8. The second kappa shape index (κ2) is 12.2. The molecule has 3 aromatic rings. The zero-order valence-electron chi connectivity index (χ0n) is 22.1. The summed E-state index contributed by atoms with van der Waals surface area (Å²) in [5.74, 6) is 0.0521. The Hall–Kier alpha value is -3.11. The third kappa shape index (κ3) is 6.78. The molecule has 0 spiro atoms. The third-order valence-corrected chi connectivity index (χ3v) is 8.27. The summed E-state index contributed by atoms with van der Waals surface area (Å²) in [5, 5.41) is 6.92. The van der Waals surface area contributed by atoms with E-state index in [9.17, 15) is 13.2 Å². The van der Waals surface area contributed by atoms with E-state index < -0.39 is 11.9 Å². The van der Waals surface area contributed by atoms with E-state index in [1.54, 1.807) is 0 Å². The van der Waals surface area contributed by atoms with Gasteiger partial charge >= 0.3 is 6.18 Å². The topological polar surface area (TPSA) is 56.3 Å². The number of benzene rings is 2. The Morgan fingerprint density at radius 3 is 2.27 bits per heavy atom. The highest BCUT2D eigenvalue weighted by atomic mass is 35.5. The van der Waals surface area contributed by atoms with Gasteiger partial charge in [0.05, 0.1) is 0 Å². The van der Waals surface area contributed by atoms with Gasteiger partial charge in [0.2, 0.25) is 5.95 Å². The number of aromatic nitrogens is 2. The number of nitrogens with zero attached hydrogens (tertiary/aromatic N) is 4. The average Bonchev–Trinajstić information content (AvgIpc) is 2.96. The first-order valence-electron chi connectivity index (χ1n) is 13.5. The van der Waals surface area contributed by atoms with Gasteiger partial charge in [0.1, 0.15) is 5.82 Å². The normalized spacial score (nSPS) is 17.4. The van der Waals surface area contributed by atoms with Crippen LogP contribution in [-0.2, 0) is 11.6 Å². The Morgan fingerprint density at radius 1 is 0.900 bits per heavy atom. The number of nitrogens with one attached hydrogen (secondary N) is 2. The second-order valence-electron chi connectivity index (χ2n) is 10.4. The highest BCUT2D eigenvalue weighted by Gasteiger charge is 2.36. The molecular weight excluding hydrogens is 557 g/mol. The molecule has 1 aliphatic carbocycles. The van der Waals surface area contributed by atoms with Crippen LogP contribution in [0.1, 0.15) is 43.4 Å². The van der Waals surface area contributed by atoms with Crippen molar-refractivity contribution in [1.29, 1.82) is 0 Å². The van der Waals surface area contributed by atoms with E-state index in [1.807, 2.05) is 53.4 Å². The van der Waals surface area contributed by atoms with Crippen LogP contribution in [0.25, 0.3) is 0 Å². The number of hydrogen-bond acceptors (Lipinski definition) is 5. The van der Waals surface area contributed by atoms with Gasteiger partial charge in [0.15, 0.2) is 10.8 Å². The quantitative estimate of drug-likeness (QED) is 0.312. The minimum absolute atomic E-state index is 0.160. The molecule has 0 atom stereocenters. The van der Waals surface area contributed by atoms with Gasteiger partial charge in [-0.2, -0.15) is 18.2 Å². The summed E-state index contributed by atoms with van der Waals surface area (Å²) < 4.78 is 41.4. The minimum atomic E-state index is -4.62. The molecule has 2 N–H and O–H groups in total. The van der Waals surface area contributed by atoms with Gasteiger partial charge in [-0.05, 0) is 54.9 Å². The van der Waals surface area contributed by atoms with Crippen LogP contribution < -0.4 is 20.4 Å². The largest absolute Gasteiger partial charge is 0.433 e. The first-order valence-corrected chi connectivity index (χ1v) is 14.3. The molecule has 40 heavy (non-hydrogen) atoms. The van der Waals surface area contributed by atoms with Crippen LogP contribution in [0.3, 0.4) is 0 Å². The van der Waals surface area contributed by atoms with Crippen molar-refractivity contribution in [3.8, 4) is 0 Å². The Labute approximate surface area is 242 Å². The summed E-state index contributed by atoms with van der Waals surface area (Å²) >= 11 is 11.8. The molecule has 0 radical (unpaired) electrons. The number of rotatable bonds is 6. The Kier molecular flexibility index (Phi) is 8.65. The van der Waals surface area contributed by atoms with Gasteiger partial charge in [-0.15, -0.1) is 0 Å². The van der Waals surface area contributed by atoms with Crippen LogP contribution in [0, 0.1) is 0 Å². The van der Waals surface area contributed by atoms with E-state index in [1.165, 1.54) is 6.42 Å². The van der Waals surface area contributed by atoms with Gasteiger partial charge in [-0.25, -0.2) is 4.98 Å². The van der Waals surface area contributed by atoms with Crippen LogP contribution in [0.15, 0.2) is 60.7 Å². The molecule has 0 bridgehead atoms. The van der Waals surface area contributed by atoms with Crippen molar-refractivity contribution in [3.05, 3.63) is 76.9 Å². The summed E-state index contributed by atoms with van der Waals surface area (Å²) in [6.07, 6.45) is 0.682. The van der Waals surface area contributed by atoms with Crippen LogP contribution in [0.5, 0.6) is 0 Å². The fourth-order valence-corrected chi connectivity index (χ4v) is 5.99. The Morgan fingerprint density at radius 2 is 1.60 bits per heavy atom. The second-order valence-corrected chi connectivity index (χ2v) is 11.2. The van der Waals surface area contributed by atoms with Crippen molar-refractivity contribution in [2.75, 3.05) is 47.8 Å². The molecule has 1 aromatic heterocycles. The third-order valence-electron chi connectivity index (χ3n) is 7.79. The molecule has 6 nitrogen and oxygen atoms in total. The Bertz CT molecular complexity index is 1310. The van der Waals surface area contributed by atoms with Crippen molar-refractivity contribution in [2.24, 2.45) is 0 Å². The lowest BCUT2D eigenvalue weighted by atomic mass is 9.69. The van der Waals surface area contributed by atoms with E-state index in [4.69, 9.17) is 23.8 Å². The summed E-state index contributed by atoms with van der Waals surface area (Å²) in [4.78, 5) is 12.3. The molecule has 11 heteroatoms. The molecule has 1 saturated carbocycles. The number of piperazine rings is 1. The van der Waals surface area contributed by atoms with Gasteiger partial charge in [0.25, 0.3) is 0 Å². The van der Waals surface area contributed by atoms with Crippen LogP contribution in [0.4, 0.5) is 30.6 Å². The van der Waals surface area contributed by atoms with Crippen molar-refractivity contribution in [2.45, 2.75) is 43.7 Å². The average molecular weight is 589 g/mol. The predicted molar refractivity (Wildman–Crippen MR) is 158 cm³/mol. The van der Waals surface area contributed by atoms with Gasteiger partial charge in [-0.3, -0.25) is 0 Å². The number of thiocarbonyl (C=S) groups is 1. The molecule has 2 aliphatic rings. The fourth-order valence-electron chi connectivity index (χ4n) is 5.64. The SMILES string of the molecule is FC(F)(F)c1cc(N2CCN(c3ccccc3)CC2)nc(NC(=S)NCC2(c3cccc(Cl)c3)CCCCC2)n1. The number of para-hydroxylation sites is 1.